The van der Waals surface area contributed by atoms with E-state index in [1.54, 1.807) is 4.90 Å². The Morgan fingerprint density at radius 1 is 1.25 bits per heavy atom. The molecule has 6 heteroatoms. The summed E-state index contributed by atoms with van der Waals surface area (Å²) in [7, 11) is -2.97. The van der Waals surface area contributed by atoms with E-state index in [0.717, 1.165) is 30.5 Å². The van der Waals surface area contributed by atoms with E-state index in [2.05, 4.69) is 30.1 Å². The lowest BCUT2D eigenvalue weighted by Crippen LogP contribution is -2.46. The molecule has 2 aliphatic rings. The fraction of sp³-hybridized carbons (Fsp3) is 0.500. The van der Waals surface area contributed by atoms with E-state index in [1.807, 2.05) is 0 Å². The largest absolute Gasteiger partial charge is 0.357 e. The Hall–Kier alpha value is -1.82. The number of H-pyrrole nitrogens is 1. The van der Waals surface area contributed by atoms with Gasteiger partial charge in [0.15, 0.2) is 9.84 Å². The van der Waals surface area contributed by atoms with Crippen LogP contribution in [0.5, 0.6) is 0 Å². The van der Waals surface area contributed by atoms with Gasteiger partial charge in [-0.25, -0.2) is 8.42 Å². The molecule has 1 amide bonds. The van der Waals surface area contributed by atoms with E-state index in [0.29, 0.717) is 13.1 Å². The van der Waals surface area contributed by atoms with Gasteiger partial charge in [-0.15, -0.1) is 0 Å². The van der Waals surface area contributed by atoms with Crippen LogP contribution < -0.4 is 0 Å². The summed E-state index contributed by atoms with van der Waals surface area (Å²) in [5, 5.41) is 1.23. The first kappa shape index (κ1) is 15.7. The standard InChI is InChI=1S/C18H22N2O3S/c1-12-5-6-16-15(11-12)13-3-2-4-14(17(13)19-16)18(21)20-7-9-24(22,23)10-8-20/h5-6,11,14,19H,2-4,7-10H2,1H3. The summed E-state index contributed by atoms with van der Waals surface area (Å²) < 4.78 is 23.2. The molecular weight excluding hydrogens is 324 g/mol. The number of carbonyl (C=O) groups is 1. The van der Waals surface area contributed by atoms with E-state index in [4.69, 9.17) is 0 Å². The van der Waals surface area contributed by atoms with Crippen molar-refractivity contribution in [2.45, 2.75) is 32.1 Å². The lowest BCUT2D eigenvalue weighted by Gasteiger charge is -2.32. The third kappa shape index (κ3) is 2.62. The summed E-state index contributed by atoms with van der Waals surface area (Å²) in [6.45, 7) is 2.73. The van der Waals surface area contributed by atoms with Crippen LogP contribution in [0.3, 0.4) is 0 Å². The van der Waals surface area contributed by atoms with Gasteiger partial charge in [0, 0.05) is 29.7 Å². The Kier molecular flexibility index (Phi) is 3.67. The molecule has 4 rings (SSSR count). The molecule has 1 aliphatic carbocycles. The highest BCUT2D eigenvalue weighted by atomic mass is 32.2. The minimum absolute atomic E-state index is 0.0779. The molecule has 24 heavy (non-hydrogen) atoms. The summed E-state index contributed by atoms with van der Waals surface area (Å²) >= 11 is 0. The second kappa shape index (κ2) is 5.62. The quantitative estimate of drug-likeness (QED) is 0.860. The predicted octanol–water partition coefficient (Wildman–Crippen LogP) is 2.15. The third-order valence-electron chi connectivity index (χ3n) is 5.32. The third-order valence-corrected chi connectivity index (χ3v) is 6.93. The average molecular weight is 346 g/mol. The zero-order valence-corrected chi connectivity index (χ0v) is 14.7. The summed E-state index contributed by atoms with van der Waals surface area (Å²) in [5.74, 6) is 0.0883. The van der Waals surface area contributed by atoms with Gasteiger partial charge in [0.2, 0.25) is 5.91 Å². The van der Waals surface area contributed by atoms with Gasteiger partial charge in [-0.3, -0.25) is 4.79 Å². The van der Waals surface area contributed by atoms with E-state index >= 15 is 0 Å². The fourth-order valence-electron chi connectivity index (χ4n) is 3.98. The number of sulfone groups is 1. The topological polar surface area (TPSA) is 70.2 Å². The number of aromatic nitrogens is 1. The van der Waals surface area contributed by atoms with Crippen LogP contribution >= 0.6 is 0 Å². The maximum Gasteiger partial charge on any atom is 0.231 e. The van der Waals surface area contributed by atoms with E-state index in [9.17, 15) is 13.2 Å². The number of benzene rings is 1. The minimum atomic E-state index is -2.97. The lowest BCUT2D eigenvalue weighted by atomic mass is 9.85. The maximum atomic E-state index is 13.0. The van der Waals surface area contributed by atoms with E-state index in [-0.39, 0.29) is 23.3 Å². The Balaban J connectivity index is 1.67. The molecule has 5 nitrogen and oxygen atoms in total. The molecule has 0 saturated carbocycles. The van der Waals surface area contributed by atoms with Crippen LogP contribution in [0.15, 0.2) is 18.2 Å². The number of fused-ring (bicyclic) bond motifs is 3. The molecule has 1 fully saturated rings. The number of hydrogen-bond acceptors (Lipinski definition) is 3. The van der Waals surface area contributed by atoms with Gasteiger partial charge in [0.05, 0.1) is 17.4 Å². The number of rotatable bonds is 1. The maximum absolute atomic E-state index is 13.0. The number of hydrogen-bond donors (Lipinski definition) is 1. The molecule has 1 aliphatic heterocycles. The molecule has 1 atom stereocenters. The molecular formula is C18H22N2O3S. The van der Waals surface area contributed by atoms with Crippen molar-refractivity contribution in [2.75, 3.05) is 24.6 Å². The van der Waals surface area contributed by atoms with Crippen LogP contribution in [0.1, 0.15) is 35.6 Å². The van der Waals surface area contributed by atoms with Crippen molar-refractivity contribution >= 4 is 26.6 Å². The van der Waals surface area contributed by atoms with Crippen LogP contribution in [-0.4, -0.2) is 48.8 Å². The van der Waals surface area contributed by atoms with Crippen LogP contribution in [0.25, 0.3) is 10.9 Å². The van der Waals surface area contributed by atoms with Crippen molar-refractivity contribution in [2.24, 2.45) is 0 Å². The summed E-state index contributed by atoms with van der Waals surface area (Å²) in [4.78, 5) is 18.2. The highest BCUT2D eigenvalue weighted by molar-refractivity contribution is 7.91. The van der Waals surface area contributed by atoms with Crippen molar-refractivity contribution in [1.82, 2.24) is 9.88 Å². The summed E-state index contributed by atoms with van der Waals surface area (Å²) in [6.07, 6.45) is 2.83. The van der Waals surface area contributed by atoms with Gasteiger partial charge in [-0.05, 0) is 43.9 Å². The summed E-state index contributed by atoms with van der Waals surface area (Å²) in [5.41, 5.74) is 4.62. The van der Waals surface area contributed by atoms with Crippen molar-refractivity contribution in [3.63, 3.8) is 0 Å². The second-order valence-corrected chi connectivity index (χ2v) is 9.29. The van der Waals surface area contributed by atoms with Gasteiger partial charge in [-0.2, -0.15) is 0 Å². The first-order valence-electron chi connectivity index (χ1n) is 8.55. The normalized spacial score (nSPS) is 23.2. The predicted molar refractivity (Wildman–Crippen MR) is 93.9 cm³/mol. The molecule has 0 bridgehead atoms. The molecule has 2 aromatic rings. The highest BCUT2D eigenvalue weighted by Crippen LogP contribution is 2.37. The Labute approximate surface area is 142 Å². The van der Waals surface area contributed by atoms with Crippen molar-refractivity contribution in [3.8, 4) is 0 Å². The molecule has 1 saturated heterocycles. The SMILES string of the molecule is Cc1ccc2[nH]c3c(c2c1)CCCC3C(=O)N1CCS(=O)(=O)CC1. The van der Waals surface area contributed by atoms with Crippen LogP contribution in [0, 0.1) is 6.92 Å². The second-order valence-electron chi connectivity index (χ2n) is 6.99. The lowest BCUT2D eigenvalue weighted by molar-refractivity contribution is -0.132. The highest BCUT2D eigenvalue weighted by Gasteiger charge is 2.34. The zero-order valence-electron chi connectivity index (χ0n) is 13.8. The van der Waals surface area contributed by atoms with Crippen LogP contribution in [0.4, 0.5) is 0 Å². The molecule has 0 radical (unpaired) electrons. The van der Waals surface area contributed by atoms with Crippen molar-refractivity contribution in [3.05, 3.63) is 35.0 Å². The van der Waals surface area contributed by atoms with Crippen LogP contribution in [-0.2, 0) is 21.1 Å². The minimum Gasteiger partial charge on any atom is -0.357 e. The summed E-state index contributed by atoms with van der Waals surface area (Å²) in [6, 6.07) is 6.35. The fourth-order valence-corrected chi connectivity index (χ4v) is 5.18. The number of nitrogens with one attached hydrogen (secondary N) is 1. The Morgan fingerprint density at radius 2 is 2.00 bits per heavy atom. The molecule has 1 N–H and O–H groups in total. The van der Waals surface area contributed by atoms with Gasteiger partial charge >= 0.3 is 0 Å². The van der Waals surface area contributed by atoms with Crippen molar-refractivity contribution in [1.29, 1.82) is 0 Å². The Morgan fingerprint density at radius 3 is 2.75 bits per heavy atom. The Bertz CT molecular complexity index is 900. The molecule has 1 aromatic heterocycles. The molecule has 2 heterocycles. The average Bonchev–Trinajstić information content (AvgIpc) is 2.92. The van der Waals surface area contributed by atoms with Gasteiger partial charge < -0.3 is 9.88 Å². The first-order chi connectivity index (χ1) is 11.4. The van der Waals surface area contributed by atoms with Gasteiger partial charge in [0.25, 0.3) is 0 Å². The number of aromatic amines is 1. The number of amides is 1. The van der Waals surface area contributed by atoms with Crippen LogP contribution in [0.2, 0.25) is 0 Å². The number of aryl methyl sites for hydroxylation is 2. The smallest absolute Gasteiger partial charge is 0.231 e. The number of carbonyl (C=O) groups excluding carboxylic acids is 1. The number of nitrogens with zero attached hydrogens (tertiary/aromatic N) is 1. The molecule has 1 unspecified atom stereocenters. The molecule has 128 valence electrons. The zero-order chi connectivity index (χ0) is 16.9. The van der Waals surface area contributed by atoms with E-state index in [1.165, 1.54) is 16.5 Å². The van der Waals surface area contributed by atoms with Crippen molar-refractivity contribution < 1.29 is 13.2 Å². The van der Waals surface area contributed by atoms with E-state index < -0.39 is 9.84 Å². The van der Waals surface area contributed by atoms with Gasteiger partial charge in [0.1, 0.15) is 0 Å². The van der Waals surface area contributed by atoms with Gasteiger partial charge in [-0.1, -0.05) is 11.6 Å². The first-order valence-corrected chi connectivity index (χ1v) is 10.4. The molecule has 0 spiro atoms. The molecule has 1 aromatic carbocycles. The monoisotopic (exact) mass is 346 g/mol.